The van der Waals surface area contributed by atoms with E-state index < -0.39 is 5.60 Å². The second-order valence-electron chi connectivity index (χ2n) is 6.86. The number of hydrogen-bond donors (Lipinski definition) is 2. The van der Waals surface area contributed by atoms with Crippen LogP contribution in [0.3, 0.4) is 0 Å². The lowest BCUT2D eigenvalue weighted by molar-refractivity contribution is -0.0410. The maximum atomic E-state index is 11.8. The first kappa shape index (κ1) is 15.6. The molecule has 2 heterocycles. The third kappa shape index (κ3) is 4.94. The molecule has 2 aliphatic heterocycles. The van der Waals surface area contributed by atoms with E-state index >= 15 is 0 Å². The van der Waals surface area contributed by atoms with Crippen LogP contribution in [0.15, 0.2) is 0 Å². The topological polar surface area (TPSA) is 59.6 Å². The van der Waals surface area contributed by atoms with Gasteiger partial charge in [0.25, 0.3) is 0 Å². The van der Waals surface area contributed by atoms with E-state index in [-0.39, 0.29) is 18.2 Å². The molecular formula is C15H28N2O3. The second-order valence-corrected chi connectivity index (χ2v) is 6.86. The largest absolute Gasteiger partial charge is 0.444 e. The minimum atomic E-state index is -0.441. The second kappa shape index (κ2) is 6.76. The molecule has 2 atom stereocenters. The van der Waals surface area contributed by atoms with Crippen molar-refractivity contribution in [3.05, 3.63) is 0 Å². The average molecular weight is 284 g/mol. The first-order chi connectivity index (χ1) is 9.44. The Hall–Kier alpha value is -0.810. The first-order valence-electron chi connectivity index (χ1n) is 7.76. The molecule has 5 heteroatoms. The molecule has 2 fully saturated rings. The summed E-state index contributed by atoms with van der Waals surface area (Å²) in [6, 6.07) is 0.179. The Bertz CT molecular complexity index is 322. The van der Waals surface area contributed by atoms with Gasteiger partial charge in [-0.2, -0.15) is 0 Å². The van der Waals surface area contributed by atoms with Crippen molar-refractivity contribution in [1.29, 1.82) is 0 Å². The Kier molecular flexibility index (Phi) is 5.27. The molecule has 0 aromatic heterocycles. The molecular weight excluding hydrogens is 256 g/mol. The number of carbonyl (C=O) groups is 1. The first-order valence-corrected chi connectivity index (χ1v) is 7.76. The quantitative estimate of drug-likeness (QED) is 0.815. The normalized spacial score (nSPS) is 28.9. The van der Waals surface area contributed by atoms with Crippen LogP contribution in [0.5, 0.6) is 0 Å². The number of rotatable bonds is 2. The lowest BCUT2D eigenvalue weighted by Gasteiger charge is -2.37. The SMILES string of the molecule is CC(C)(C)OC(=O)N[C@H]1CCO[C@H](C2CCNCC2)C1. The molecule has 1 amide bonds. The third-order valence-corrected chi connectivity index (χ3v) is 3.95. The molecule has 0 aromatic carbocycles. The van der Waals surface area contributed by atoms with Gasteiger partial charge in [-0.15, -0.1) is 0 Å². The lowest BCUT2D eigenvalue weighted by atomic mass is 9.86. The summed E-state index contributed by atoms with van der Waals surface area (Å²) in [7, 11) is 0. The van der Waals surface area contributed by atoms with Crippen LogP contribution in [0, 0.1) is 5.92 Å². The fraction of sp³-hybridized carbons (Fsp3) is 0.933. The van der Waals surface area contributed by atoms with E-state index in [1.807, 2.05) is 20.8 Å². The minimum Gasteiger partial charge on any atom is -0.444 e. The van der Waals surface area contributed by atoms with Crippen molar-refractivity contribution in [3.63, 3.8) is 0 Å². The zero-order chi connectivity index (χ0) is 14.6. The monoisotopic (exact) mass is 284 g/mol. The molecule has 2 aliphatic rings. The molecule has 0 spiro atoms. The van der Waals surface area contributed by atoms with Crippen molar-refractivity contribution < 1.29 is 14.3 Å². The molecule has 20 heavy (non-hydrogen) atoms. The van der Waals surface area contributed by atoms with Gasteiger partial charge in [-0.05, 0) is 65.5 Å². The van der Waals surface area contributed by atoms with Gasteiger partial charge in [-0.1, -0.05) is 0 Å². The van der Waals surface area contributed by atoms with E-state index in [1.54, 1.807) is 0 Å². The van der Waals surface area contributed by atoms with Crippen molar-refractivity contribution in [2.75, 3.05) is 19.7 Å². The van der Waals surface area contributed by atoms with Crippen LogP contribution in [0.1, 0.15) is 46.5 Å². The molecule has 0 aliphatic carbocycles. The van der Waals surface area contributed by atoms with Gasteiger partial charge in [0.1, 0.15) is 5.60 Å². The Morgan fingerprint density at radius 3 is 2.60 bits per heavy atom. The molecule has 116 valence electrons. The van der Waals surface area contributed by atoms with Crippen LogP contribution in [0.2, 0.25) is 0 Å². The van der Waals surface area contributed by atoms with E-state index in [1.165, 1.54) is 12.8 Å². The Labute approximate surface area is 121 Å². The van der Waals surface area contributed by atoms with Gasteiger partial charge in [-0.3, -0.25) is 0 Å². The van der Waals surface area contributed by atoms with Gasteiger partial charge < -0.3 is 20.1 Å². The van der Waals surface area contributed by atoms with E-state index in [9.17, 15) is 4.79 Å². The zero-order valence-electron chi connectivity index (χ0n) is 12.9. The lowest BCUT2D eigenvalue weighted by Crippen LogP contribution is -2.47. The summed E-state index contributed by atoms with van der Waals surface area (Å²) < 4.78 is 11.2. The molecule has 0 radical (unpaired) electrons. The molecule has 0 saturated carbocycles. The number of piperidine rings is 1. The van der Waals surface area contributed by atoms with E-state index in [0.29, 0.717) is 5.92 Å². The molecule has 5 nitrogen and oxygen atoms in total. The predicted molar refractivity (Wildman–Crippen MR) is 77.7 cm³/mol. The van der Waals surface area contributed by atoms with Gasteiger partial charge in [0.2, 0.25) is 0 Å². The number of amides is 1. The fourth-order valence-corrected chi connectivity index (χ4v) is 2.98. The van der Waals surface area contributed by atoms with E-state index in [4.69, 9.17) is 9.47 Å². The van der Waals surface area contributed by atoms with Crippen LogP contribution in [0.4, 0.5) is 4.79 Å². The van der Waals surface area contributed by atoms with Crippen molar-refractivity contribution >= 4 is 6.09 Å². The van der Waals surface area contributed by atoms with Crippen molar-refractivity contribution in [1.82, 2.24) is 10.6 Å². The Morgan fingerprint density at radius 1 is 1.25 bits per heavy atom. The Balaban J connectivity index is 1.79. The molecule has 2 saturated heterocycles. The van der Waals surface area contributed by atoms with Gasteiger partial charge in [0.15, 0.2) is 0 Å². The summed E-state index contributed by atoms with van der Waals surface area (Å²) >= 11 is 0. The van der Waals surface area contributed by atoms with Crippen LogP contribution in [-0.4, -0.2) is 43.5 Å². The zero-order valence-corrected chi connectivity index (χ0v) is 12.9. The number of alkyl carbamates (subject to hydrolysis) is 1. The van der Waals surface area contributed by atoms with Crippen LogP contribution in [0.25, 0.3) is 0 Å². The molecule has 0 unspecified atom stereocenters. The summed E-state index contributed by atoms with van der Waals surface area (Å²) in [5.41, 5.74) is -0.441. The summed E-state index contributed by atoms with van der Waals surface area (Å²) in [6.07, 6.45) is 4.09. The fourth-order valence-electron chi connectivity index (χ4n) is 2.98. The maximum absolute atomic E-state index is 11.8. The highest BCUT2D eigenvalue weighted by atomic mass is 16.6. The maximum Gasteiger partial charge on any atom is 0.407 e. The van der Waals surface area contributed by atoms with E-state index in [2.05, 4.69) is 10.6 Å². The standard InChI is InChI=1S/C15H28N2O3/c1-15(2,3)20-14(18)17-12-6-9-19-13(10-12)11-4-7-16-8-5-11/h11-13,16H,4-10H2,1-3H3,(H,17,18)/t12-,13-/m0/s1. The summed E-state index contributed by atoms with van der Waals surface area (Å²) in [5.74, 6) is 0.625. The third-order valence-electron chi connectivity index (χ3n) is 3.95. The van der Waals surface area contributed by atoms with Gasteiger partial charge in [0, 0.05) is 12.6 Å². The summed E-state index contributed by atoms with van der Waals surface area (Å²) in [6.45, 7) is 8.54. The number of nitrogens with one attached hydrogen (secondary N) is 2. The predicted octanol–water partition coefficient (Wildman–Crippen LogP) is 2.06. The van der Waals surface area contributed by atoms with Crippen molar-refractivity contribution in [2.24, 2.45) is 5.92 Å². The van der Waals surface area contributed by atoms with Crippen LogP contribution >= 0.6 is 0 Å². The highest BCUT2D eigenvalue weighted by Gasteiger charge is 2.31. The molecule has 2 N–H and O–H groups in total. The van der Waals surface area contributed by atoms with Crippen LogP contribution in [-0.2, 0) is 9.47 Å². The highest BCUT2D eigenvalue weighted by Crippen LogP contribution is 2.26. The number of hydrogen-bond acceptors (Lipinski definition) is 4. The highest BCUT2D eigenvalue weighted by molar-refractivity contribution is 5.68. The average Bonchev–Trinajstić information content (AvgIpc) is 2.38. The van der Waals surface area contributed by atoms with Crippen molar-refractivity contribution in [2.45, 2.75) is 64.2 Å². The van der Waals surface area contributed by atoms with E-state index in [0.717, 1.165) is 32.5 Å². The van der Waals surface area contributed by atoms with Crippen molar-refractivity contribution in [3.8, 4) is 0 Å². The number of ether oxygens (including phenoxy) is 2. The smallest absolute Gasteiger partial charge is 0.407 e. The summed E-state index contributed by atoms with van der Waals surface area (Å²) in [5, 5.41) is 6.37. The minimum absolute atomic E-state index is 0.179. The summed E-state index contributed by atoms with van der Waals surface area (Å²) in [4.78, 5) is 11.8. The number of carbonyl (C=O) groups excluding carboxylic acids is 1. The van der Waals surface area contributed by atoms with Gasteiger partial charge >= 0.3 is 6.09 Å². The molecule has 2 rings (SSSR count). The van der Waals surface area contributed by atoms with Gasteiger partial charge in [-0.25, -0.2) is 4.79 Å². The molecule has 0 aromatic rings. The van der Waals surface area contributed by atoms with Crippen LogP contribution < -0.4 is 10.6 Å². The van der Waals surface area contributed by atoms with Gasteiger partial charge in [0.05, 0.1) is 6.10 Å². The molecule has 0 bridgehead atoms. The Morgan fingerprint density at radius 2 is 1.95 bits per heavy atom.